The summed E-state index contributed by atoms with van der Waals surface area (Å²) >= 11 is 3.43. The number of hydrogen-bond donors (Lipinski definition) is 0. The monoisotopic (exact) mass is 245 g/mol. The lowest BCUT2D eigenvalue weighted by Gasteiger charge is -2.02. The standard InChI is InChI=1S/C13H10Br/c14-10-11-5-4-8-13(9-11)12-6-2-1-3-7-12/h1-8H,10H2. The van der Waals surface area contributed by atoms with Crippen molar-refractivity contribution in [1.29, 1.82) is 0 Å². The predicted molar refractivity (Wildman–Crippen MR) is 63.3 cm³/mol. The van der Waals surface area contributed by atoms with Gasteiger partial charge in [0.2, 0.25) is 0 Å². The van der Waals surface area contributed by atoms with Crippen molar-refractivity contribution in [2.45, 2.75) is 5.33 Å². The van der Waals surface area contributed by atoms with Crippen molar-refractivity contribution < 1.29 is 0 Å². The third-order valence-electron chi connectivity index (χ3n) is 2.08. The lowest BCUT2D eigenvalue weighted by Crippen LogP contribution is -1.81. The SMILES string of the molecule is BrCc1[c]c(-c2ccccc2)ccc1. The van der Waals surface area contributed by atoms with Crippen LogP contribution in [0, 0.1) is 6.07 Å². The number of alkyl halides is 1. The Labute approximate surface area is 92.7 Å². The summed E-state index contributed by atoms with van der Waals surface area (Å²) in [6, 6.07) is 19.9. The average molecular weight is 246 g/mol. The molecule has 0 spiro atoms. The van der Waals surface area contributed by atoms with Crippen LogP contribution < -0.4 is 0 Å². The highest BCUT2D eigenvalue weighted by atomic mass is 79.9. The van der Waals surface area contributed by atoms with E-state index in [9.17, 15) is 0 Å². The zero-order valence-corrected chi connectivity index (χ0v) is 9.29. The molecule has 1 heteroatoms. The maximum absolute atomic E-state index is 3.43. The number of hydrogen-bond acceptors (Lipinski definition) is 0. The summed E-state index contributed by atoms with van der Waals surface area (Å²) in [6.45, 7) is 0. The molecule has 0 nitrogen and oxygen atoms in total. The quantitative estimate of drug-likeness (QED) is 0.701. The van der Waals surface area contributed by atoms with Crippen molar-refractivity contribution in [3.63, 3.8) is 0 Å². The normalized spacial score (nSPS) is 10.1. The van der Waals surface area contributed by atoms with E-state index in [-0.39, 0.29) is 0 Å². The number of halogens is 1. The Hall–Kier alpha value is -1.08. The maximum atomic E-state index is 3.43. The lowest BCUT2D eigenvalue weighted by molar-refractivity contribution is 1.42. The molecule has 1 radical (unpaired) electrons. The van der Waals surface area contributed by atoms with Crippen molar-refractivity contribution in [3.8, 4) is 11.1 Å². The average Bonchev–Trinajstić information content (AvgIpc) is 2.30. The second kappa shape index (κ2) is 4.43. The molecule has 0 bridgehead atoms. The second-order valence-corrected chi connectivity index (χ2v) is 3.65. The van der Waals surface area contributed by atoms with Crippen LogP contribution in [0.25, 0.3) is 11.1 Å². The highest BCUT2D eigenvalue weighted by Gasteiger charge is 1.97. The zero-order chi connectivity index (χ0) is 9.80. The van der Waals surface area contributed by atoms with Crippen molar-refractivity contribution in [2.75, 3.05) is 0 Å². The molecule has 0 aromatic heterocycles. The highest BCUT2D eigenvalue weighted by molar-refractivity contribution is 9.08. The van der Waals surface area contributed by atoms with E-state index in [0.717, 1.165) is 10.9 Å². The molecule has 0 amide bonds. The molecule has 0 aliphatic carbocycles. The van der Waals surface area contributed by atoms with Gasteiger partial charge in [-0.15, -0.1) is 0 Å². The van der Waals surface area contributed by atoms with Gasteiger partial charge in [-0.25, -0.2) is 0 Å². The van der Waals surface area contributed by atoms with Crippen LogP contribution in [0.3, 0.4) is 0 Å². The fourth-order valence-corrected chi connectivity index (χ4v) is 1.71. The minimum Gasteiger partial charge on any atom is -0.0876 e. The molecule has 0 heterocycles. The van der Waals surface area contributed by atoms with Crippen LogP contribution in [0.5, 0.6) is 0 Å². The molecule has 2 aromatic carbocycles. The van der Waals surface area contributed by atoms with Gasteiger partial charge >= 0.3 is 0 Å². The van der Waals surface area contributed by atoms with E-state index in [1.165, 1.54) is 11.1 Å². The Morgan fingerprint density at radius 1 is 0.929 bits per heavy atom. The van der Waals surface area contributed by atoms with E-state index in [4.69, 9.17) is 0 Å². The first kappa shape index (κ1) is 9.47. The fourth-order valence-electron chi connectivity index (χ4n) is 1.38. The molecule has 0 saturated carbocycles. The van der Waals surface area contributed by atoms with Crippen molar-refractivity contribution >= 4 is 15.9 Å². The van der Waals surface area contributed by atoms with Crippen LogP contribution in [-0.4, -0.2) is 0 Å². The Balaban J connectivity index is 2.42. The molecule has 2 aromatic rings. The van der Waals surface area contributed by atoms with Gasteiger partial charge in [0.1, 0.15) is 0 Å². The van der Waals surface area contributed by atoms with Crippen molar-refractivity contribution in [2.24, 2.45) is 0 Å². The molecule has 0 N–H and O–H groups in total. The largest absolute Gasteiger partial charge is 0.0876 e. The van der Waals surface area contributed by atoms with E-state index >= 15 is 0 Å². The van der Waals surface area contributed by atoms with Gasteiger partial charge < -0.3 is 0 Å². The molecule has 0 saturated heterocycles. The van der Waals surface area contributed by atoms with Gasteiger partial charge in [0.25, 0.3) is 0 Å². The van der Waals surface area contributed by atoms with Crippen LogP contribution in [0.2, 0.25) is 0 Å². The maximum Gasteiger partial charge on any atom is 0.0289 e. The Bertz CT molecular complexity index is 407. The van der Waals surface area contributed by atoms with Crippen LogP contribution in [-0.2, 0) is 5.33 Å². The van der Waals surface area contributed by atoms with E-state index in [0.29, 0.717) is 0 Å². The third-order valence-corrected chi connectivity index (χ3v) is 2.69. The van der Waals surface area contributed by atoms with Crippen molar-refractivity contribution in [3.05, 3.63) is 60.2 Å². The minimum atomic E-state index is 0.855. The fraction of sp³-hybridized carbons (Fsp3) is 0.0769. The first-order valence-corrected chi connectivity index (χ1v) is 5.65. The summed E-state index contributed by atoms with van der Waals surface area (Å²) in [6.07, 6.45) is 0. The van der Waals surface area contributed by atoms with Gasteiger partial charge in [0, 0.05) is 5.33 Å². The number of benzene rings is 2. The molecule has 0 fully saturated rings. The van der Waals surface area contributed by atoms with Gasteiger partial charge in [-0.1, -0.05) is 64.5 Å². The molecule has 0 aliphatic rings. The Morgan fingerprint density at radius 3 is 2.43 bits per heavy atom. The van der Waals surface area contributed by atoms with E-state index in [2.05, 4.69) is 52.3 Å². The summed E-state index contributed by atoms with van der Waals surface area (Å²) in [5.74, 6) is 0. The first-order valence-electron chi connectivity index (χ1n) is 4.53. The van der Waals surface area contributed by atoms with Crippen LogP contribution >= 0.6 is 15.9 Å². The summed E-state index contributed by atoms with van der Waals surface area (Å²) in [5.41, 5.74) is 3.56. The number of rotatable bonds is 2. The van der Waals surface area contributed by atoms with Crippen molar-refractivity contribution in [1.82, 2.24) is 0 Å². The Kier molecular flexibility index (Phi) is 3.00. The predicted octanol–water partition coefficient (Wildman–Crippen LogP) is 4.05. The van der Waals surface area contributed by atoms with Gasteiger partial charge in [0.05, 0.1) is 0 Å². The first-order chi connectivity index (χ1) is 6.90. The molecular formula is C13H10Br. The van der Waals surface area contributed by atoms with Crippen LogP contribution in [0.15, 0.2) is 48.5 Å². The topological polar surface area (TPSA) is 0 Å². The lowest BCUT2D eigenvalue weighted by atomic mass is 10.0. The van der Waals surface area contributed by atoms with Gasteiger partial charge in [0.15, 0.2) is 0 Å². The smallest absolute Gasteiger partial charge is 0.0289 e. The van der Waals surface area contributed by atoms with Gasteiger partial charge in [-0.3, -0.25) is 0 Å². The summed E-state index contributed by atoms with van der Waals surface area (Å²) in [7, 11) is 0. The third kappa shape index (κ3) is 2.05. The summed E-state index contributed by atoms with van der Waals surface area (Å²) < 4.78 is 0. The molecule has 14 heavy (non-hydrogen) atoms. The highest BCUT2D eigenvalue weighted by Crippen LogP contribution is 2.19. The van der Waals surface area contributed by atoms with Gasteiger partial charge in [-0.2, -0.15) is 0 Å². The van der Waals surface area contributed by atoms with E-state index in [1.807, 2.05) is 18.2 Å². The molecular weight excluding hydrogens is 236 g/mol. The van der Waals surface area contributed by atoms with Crippen LogP contribution in [0.1, 0.15) is 5.56 Å². The molecule has 69 valence electrons. The molecule has 0 unspecified atom stereocenters. The molecule has 0 aliphatic heterocycles. The molecule has 2 rings (SSSR count). The van der Waals surface area contributed by atoms with E-state index in [1.54, 1.807) is 0 Å². The van der Waals surface area contributed by atoms with E-state index < -0.39 is 0 Å². The molecule has 0 atom stereocenters. The minimum absolute atomic E-state index is 0.855. The van der Waals surface area contributed by atoms with Gasteiger partial charge in [-0.05, 0) is 22.8 Å². The second-order valence-electron chi connectivity index (χ2n) is 3.09. The summed E-state index contributed by atoms with van der Waals surface area (Å²) in [4.78, 5) is 0. The zero-order valence-electron chi connectivity index (χ0n) is 7.70. The Morgan fingerprint density at radius 2 is 1.71 bits per heavy atom. The summed E-state index contributed by atoms with van der Waals surface area (Å²) in [5, 5.41) is 0.855. The van der Waals surface area contributed by atoms with Crippen LogP contribution in [0.4, 0.5) is 0 Å².